The maximum atomic E-state index is 12.1. The first kappa shape index (κ1) is 16.9. The van der Waals surface area contributed by atoms with E-state index in [4.69, 9.17) is 9.15 Å². The summed E-state index contributed by atoms with van der Waals surface area (Å²) in [6.07, 6.45) is 1.98. The van der Waals surface area contributed by atoms with Crippen molar-refractivity contribution >= 4 is 22.8 Å². The molecule has 2 rings (SSSR count). The number of benzene rings is 1. The summed E-state index contributed by atoms with van der Waals surface area (Å²) in [5.74, 6) is -0.505. The van der Waals surface area contributed by atoms with Crippen LogP contribution < -0.4 is 10.1 Å². The third-order valence-corrected chi connectivity index (χ3v) is 3.55. The largest absolute Gasteiger partial charge is 0.497 e. The van der Waals surface area contributed by atoms with Crippen LogP contribution in [0, 0.1) is 5.92 Å². The number of carbonyl (C=O) groups is 2. The van der Waals surface area contributed by atoms with Gasteiger partial charge in [0.2, 0.25) is 5.91 Å². The number of rotatable bonds is 7. The fourth-order valence-electron chi connectivity index (χ4n) is 2.44. The van der Waals surface area contributed by atoms with Crippen molar-refractivity contribution in [2.45, 2.75) is 32.7 Å². The van der Waals surface area contributed by atoms with Gasteiger partial charge in [-0.2, -0.15) is 0 Å². The molecule has 0 bridgehead atoms. The van der Waals surface area contributed by atoms with Gasteiger partial charge in [-0.3, -0.25) is 4.79 Å². The van der Waals surface area contributed by atoms with Crippen LogP contribution in [0.5, 0.6) is 5.75 Å². The fraction of sp³-hybridized carbons (Fsp3) is 0.412. The Morgan fingerprint density at radius 2 is 2.09 bits per heavy atom. The summed E-state index contributed by atoms with van der Waals surface area (Å²) in [6.45, 7) is 3.83. The lowest BCUT2D eigenvalue weighted by Crippen LogP contribution is -2.42. The van der Waals surface area contributed by atoms with Gasteiger partial charge in [-0.25, -0.2) is 4.79 Å². The number of carboxylic acid groups (broad SMARTS) is 1. The van der Waals surface area contributed by atoms with Crippen molar-refractivity contribution in [2.24, 2.45) is 5.92 Å². The minimum atomic E-state index is -1.02. The van der Waals surface area contributed by atoms with Crippen LogP contribution in [0.25, 0.3) is 11.0 Å². The van der Waals surface area contributed by atoms with Gasteiger partial charge >= 0.3 is 5.97 Å². The lowest BCUT2D eigenvalue weighted by Gasteiger charge is -2.16. The van der Waals surface area contributed by atoms with Crippen LogP contribution in [-0.4, -0.2) is 30.1 Å². The minimum Gasteiger partial charge on any atom is -0.497 e. The minimum absolute atomic E-state index is 0.0706. The molecule has 6 heteroatoms. The Labute approximate surface area is 134 Å². The van der Waals surface area contributed by atoms with E-state index in [2.05, 4.69) is 5.32 Å². The third kappa shape index (κ3) is 4.25. The molecule has 23 heavy (non-hydrogen) atoms. The van der Waals surface area contributed by atoms with Crippen molar-refractivity contribution in [3.8, 4) is 5.75 Å². The highest BCUT2D eigenvalue weighted by Gasteiger charge is 2.21. The molecule has 0 saturated carbocycles. The van der Waals surface area contributed by atoms with Gasteiger partial charge in [-0.15, -0.1) is 0 Å². The molecule has 0 fully saturated rings. The molecule has 0 aliphatic rings. The summed E-state index contributed by atoms with van der Waals surface area (Å²) >= 11 is 0. The molecule has 0 aliphatic heterocycles. The van der Waals surface area contributed by atoms with E-state index in [1.54, 1.807) is 19.2 Å². The number of methoxy groups -OCH3 is 1. The Bertz CT molecular complexity index is 704. The van der Waals surface area contributed by atoms with Crippen LogP contribution >= 0.6 is 0 Å². The average Bonchev–Trinajstić information content (AvgIpc) is 2.88. The van der Waals surface area contributed by atoms with E-state index >= 15 is 0 Å². The second-order valence-corrected chi connectivity index (χ2v) is 5.89. The molecule has 0 spiro atoms. The zero-order valence-electron chi connectivity index (χ0n) is 13.5. The number of carbonyl (C=O) groups excluding carboxylic acids is 1. The molecule has 6 nitrogen and oxygen atoms in total. The van der Waals surface area contributed by atoms with Crippen molar-refractivity contribution in [3.63, 3.8) is 0 Å². The van der Waals surface area contributed by atoms with Gasteiger partial charge in [0.1, 0.15) is 17.4 Å². The highest BCUT2D eigenvalue weighted by Crippen LogP contribution is 2.25. The number of amides is 1. The molecule has 1 atom stereocenters. The Balaban J connectivity index is 2.09. The monoisotopic (exact) mass is 319 g/mol. The zero-order valence-corrected chi connectivity index (χ0v) is 13.5. The lowest BCUT2D eigenvalue weighted by molar-refractivity contribution is -0.142. The van der Waals surface area contributed by atoms with E-state index in [0.29, 0.717) is 23.3 Å². The summed E-state index contributed by atoms with van der Waals surface area (Å²) < 4.78 is 10.6. The zero-order chi connectivity index (χ0) is 17.0. The number of ether oxygens (including phenoxy) is 1. The van der Waals surface area contributed by atoms with Crippen LogP contribution in [0.3, 0.4) is 0 Å². The van der Waals surface area contributed by atoms with Gasteiger partial charge in [0, 0.05) is 17.0 Å². The molecule has 1 aromatic heterocycles. The molecular weight excluding hydrogens is 298 g/mol. The van der Waals surface area contributed by atoms with Crippen molar-refractivity contribution in [1.82, 2.24) is 5.32 Å². The quantitative estimate of drug-likeness (QED) is 0.819. The molecule has 2 N–H and O–H groups in total. The Morgan fingerprint density at radius 1 is 1.35 bits per heavy atom. The third-order valence-electron chi connectivity index (χ3n) is 3.55. The van der Waals surface area contributed by atoms with E-state index in [-0.39, 0.29) is 18.2 Å². The van der Waals surface area contributed by atoms with Crippen molar-refractivity contribution in [3.05, 3.63) is 30.0 Å². The number of hydrogen-bond acceptors (Lipinski definition) is 4. The summed E-state index contributed by atoms with van der Waals surface area (Å²) in [5.41, 5.74) is 1.35. The van der Waals surface area contributed by atoms with Crippen molar-refractivity contribution in [2.75, 3.05) is 7.11 Å². The maximum absolute atomic E-state index is 12.1. The SMILES string of the molecule is COc1ccc2c(CC(=O)N[C@@H](CC(C)C)C(=O)O)coc2c1. The Kier molecular flexibility index (Phi) is 5.26. The van der Waals surface area contributed by atoms with Crippen LogP contribution in [0.2, 0.25) is 0 Å². The molecule has 2 aromatic rings. The van der Waals surface area contributed by atoms with Gasteiger partial charge in [0.05, 0.1) is 19.8 Å². The van der Waals surface area contributed by atoms with E-state index in [1.165, 1.54) is 6.26 Å². The summed E-state index contributed by atoms with van der Waals surface area (Å²) in [6, 6.07) is 4.48. The smallest absolute Gasteiger partial charge is 0.326 e. The maximum Gasteiger partial charge on any atom is 0.326 e. The van der Waals surface area contributed by atoms with Gasteiger partial charge < -0.3 is 19.6 Å². The topological polar surface area (TPSA) is 88.8 Å². The predicted octanol–water partition coefficient (Wildman–Crippen LogP) is 2.60. The molecule has 0 saturated heterocycles. The van der Waals surface area contributed by atoms with Gasteiger partial charge in [-0.1, -0.05) is 13.8 Å². The van der Waals surface area contributed by atoms with E-state index < -0.39 is 12.0 Å². The highest BCUT2D eigenvalue weighted by atomic mass is 16.5. The number of furan rings is 1. The molecule has 1 aromatic carbocycles. The molecule has 0 unspecified atom stereocenters. The number of carboxylic acids is 1. The Morgan fingerprint density at radius 3 is 2.70 bits per heavy atom. The standard InChI is InChI=1S/C17H21NO5/c1-10(2)6-14(17(20)21)18-16(19)7-11-9-23-15-8-12(22-3)4-5-13(11)15/h4-5,8-10,14H,6-7H2,1-3H3,(H,18,19)(H,20,21)/t14-/m0/s1. The first-order chi connectivity index (χ1) is 10.9. The van der Waals surface area contributed by atoms with Crippen LogP contribution in [0.15, 0.2) is 28.9 Å². The summed E-state index contributed by atoms with van der Waals surface area (Å²) in [4.78, 5) is 23.3. The Hall–Kier alpha value is -2.50. The van der Waals surface area contributed by atoms with Crippen LogP contribution in [0.1, 0.15) is 25.8 Å². The van der Waals surface area contributed by atoms with Crippen LogP contribution in [-0.2, 0) is 16.0 Å². The summed E-state index contributed by atoms with van der Waals surface area (Å²) in [7, 11) is 1.57. The van der Waals surface area contributed by atoms with E-state index in [9.17, 15) is 14.7 Å². The molecular formula is C17H21NO5. The van der Waals surface area contributed by atoms with Gasteiger partial charge in [0.25, 0.3) is 0 Å². The predicted molar refractivity (Wildman–Crippen MR) is 85.5 cm³/mol. The van der Waals surface area contributed by atoms with Crippen LogP contribution in [0.4, 0.5) is 0 Å². The second kappa shape index (κ2) is 7.17. The molecule has 0 aliphatic carbocycles. The molecule has 0 radical (unpaired) electrons. The van der Waals surface area contributed by atoms with Gasteiger partial charge in [-0.05, 0) is 24.5 Å². The summed E-state index contributed by atoms with van der Waals surface area (Å²) in [5, 5.41) is 12.6. The van der Waals surface area contributed by atoms with E-state index in [0.717, 1.165) is 5.39 Å². The highest BCUT2D eigenvalue weighted by molar-refractivity contribution is 5.90. The fourth-order valence-corrected chi connectivity index (χ4v) is 2.44. The van der Waals surface area contributed by atoms with Crippen molar-refractivity contribution in [1.29, 1.82) is 0 Å². The lowest BCUT2D eigenvalue weighted by atomic mass is 10.0. The van der Waals surface area contributed by atoms with Gasteiger partial charge in [0.15, 0.2) is 0 Å². The molecule has 1 heterocycles. The molecule has 1 amide bonds. The molecule has 124 valence electrons. The number of nitrogens with one attached hydrogen (secondary N) is 1. The van der Waals surface area contributed by atoms with E-state index in [1.807, 2.05) is 19.9 Å². The number of aliphatic carboxylic acids is 1. The number of fused-ring (bicyclic) bond motifs is 1. The van der Waals surface area contributed by atoms with Crippen molar-refractivity contribution < 1.29 is 23.8 Å². The normalized spacial score (nSPS) is 12.3. The first-order valence-corrected chi connectivity index (χ1v) is 7.47. The number of hydrogen-bond donors (Lipinski definition) is 2. The average molecular weight is 319 g/mol. The first-order valence-electron chi connectivity index (χ1n) is 7.47. The second-order valence-electron chi connectivity index (χ2n) is 5.89.